The summed E-state index contributed by atoms with van der Waals surface area (Å²) in [5, 5.41) is 6.52. The molecule has 0 radical (unpaired) electrons. The van der Waals surface area contributed by atoms with Gasteiger partial charge in [0.1, 0.15) is 10.6 Å². The number of amides is 1. The van der Waals surface area contributed by atoms with Crippen LogP contribution in [0.15, 0.2) is 0 Å². The van der Waals surface area contributed by atoms with Crippen molar-refractivity contribution < 1.29 is 9.53 Å². The van der Waals surface area contributed by atoms with Crippen molar-refractivity contribution in [1.82, 2.24) is 9.69 Å². The van der Waals surface area contributed by atoms with E-state index >= 15 is 0 Å². The van der Waals surface area contributed by atoms with E-state index in [4.69, 9.17) is 10.5 Å². The maximum absolute atomic E-state index is 11.7. The number of carbonyl (C=O) groups is 1. The zero-order valence-electron chi connectivity index (χ0n) is 11.1. The molecule has 1 unspecified atom stereocenters. The predicted molar refractivity (Wildman–Crippen MR) is 74.0 cm³/mol. The molecule has 0 saturated carbocycles. The molecule has 0 aromatic carbocycles. The van der Waals surface area contributed by atoms with Crippen molar-refractivity contribution in [2.24, 2.45) is 5.92 Å². The van der Waals surface area contributed by atoms with E-state index in [1.807, 2.05) is 0 Å². The van der Waals surface area contributed by atoms with E-state index in [1.165, 1.54) is 11.5 Å². The van der Waals surface area contributed by atoms with E-state index in [9.17, 15) is 4.79 Å². The van der Waals surface area contributed by atoms with Crippen LogP contribution in [0, 0.1) is 5.92 Å². The molecular weight excluding hydrogens is 252 g/mol. The Morgan fingerprint density at radius 2 is 2.22 bits per heavy atom. The third-order valence-electron chi connectivity index (χ3n) is 2.64. The summed E-state index contributed by atoms with van der Waals surface area (Å²) in [7, 11) is 3.22. The Balaban J connectivity index is 2.92. The quantitative estimate of drug-likeness (QED) is 0.723. The van der Waals surface area contributed by atoms with E-state index in [1.54, 1.807) is 14.2 Å². The molecule has 1 atom stereocenters. The zero-order valence-corrected chi connectivity index (χ0v) is 11.9. The highest BCUT2D eigenvalue weighted by atomic mass is 32.1. The first kappa shape index (κ1) is 14.7. The van der Waals surface area contributed by atoms with Crippen LogP contribution >= 0.6 is 11.5 Å². The maximum Gasteiger partial charge on any atom is 0.257 e. The molecule has 1 aromatic rings. The second-order valence-electron chi connectivity index (χ2n) is 4.30. The third kappa shape index (κ3) is 3.33. The average molecular weight is 272 g/mol. The molecule has 0 aliphatic heterocycles. The number of nitrogens with two attached hydrogens (primary N) is 1. The summed E-state index contributed by atoms with van der Waals surface area (Å²) in [5.74, 6) is 0.385. The normalized spacial score (nSPS) is 12.5. The van der Waals surface area contributed by atoms with Gasteiger partial charge in [-0.1, -0.05) is 13.8 Å². The van der Waals surface area contributed by atoms with Crippen molar-refractivity contribution >= 4 is 28.3 Å². The van der Waals surface area contributed by atoms with Crippen LogP contribution in [0.2, 0.25) is 0 Å². The fourth-order valence-corrected chi connectivity index (χ4v) is 2.27. The summed E-state index contributed by atoms with van der Waals surface area (Å²) >= 11 is 1.19. The van der Waals surface area contributed by atoms with Crippen LogP contribution in [0.25, 0.3) is 0 Å². The molecule has 6 nitrogen and oxygen atoms in total. The van der Waals surface area contributed by atoms with E-state index in [-0.39, 0.29) is 17.8 Å². The van der Waals surface area contributed by atoms with E-state index in [2.05, 4.69) is 28.9 Å². The van der Waals surface area contributed by atoms with Gasteiger partial charge >= 0.3 is 0 Å². The molecule has 1 amide bonds. The Labute approximate surface area is 111 Å². The highest BCUT2D eigenvalue weighted by Crippen LogP contribution is 2.28. The lowest BCUT2D eigenvalue weighted by Crippen LogP contribution is -2.31. The van der Waals surface area contributed by atoms with Gasteiger partial charge in [-0.15, -0.1) is 0 Å². The monoisotopic (exact) mass is 272 g/mol. The molecule has 1 aromatic heterocycles. The Morgan fingerprint density at radius 3 is 2.72 bits per heavy atom. The summed E-state index contributed by atoms with van der Waals surface area (Å²) in [6, 6.07) is 0.109. The van der Waals surface area contributed by atoms with E-state index in [0.29, 0.717) is 23.1 Å². The van der Waals surface area contributed by atoms with Gasteiger partial charge in [-0.25, -0.2) is 0 Å². The van der Waals surface area contributed by atoms with Gasteiger partial charge in [0.05, 0.1) is 12.6 Å². The molecule has 1 rings (SSSR count). The molecule has 4 N–H and O–H groups in total. The topological polar surface area (TPSA) is 89.3 Å². The van der Waals surface area contributed by atoms with Crippen molar-refractivity contribution in [3.05, 3.63) is 5.56 Å². The second kappa shape index (κ2) is 6.55. The van der Waals surface area contributed by atoms with Gasteiger partial charge in [0, 0.05) is 14.2 Å². The fourth-order valence-electron chi connectivity index (χ4n) is 1.49. The van der Waals surface area contributed by atoms with Crippen LogP contribution < -0.4 is 16.4 Å². The molecule has 7 heteroatoms. The number of hydrogen-bond donors (Lipinski definition) is 3. The number of carbonyl (C=O) groups excluding carboxylic acids is 1. The molecule has 0 spiro atoms. The number of nitrogens with zero attached hydrogens (tertiary/aromatic N) is 1. The Morgan fingerprint density at radius 1 is 1.56 bits per heavy atom. The summed E-state index contributed by atoms with van der Waals surface area (Å²) in [4.78, 5) is 11.7. The molecule has 102 valence electrons. The number of rotatable bonds is 6. The standard InChI is InChI=1S/C11H20N4O2S/c1-6(2)7(5-17-4)14-11-8(10(16)13-3)9(12)15-18-11/h6-7,14H,5H2,1-4H3,(H2,12,15)(H,13,16). The lowest BCUT2D eigenvalue weighted by atomic mass is 10.1. The van der Waals surface area contributed by atoms with Gasteiger partial charge in [-0.2, -0.15) is 4.37 Å². The number of ether oxygens (including phenoxy) is 1. The number of anilines is 2. The van der Waals surface area contributed by atoms with Crippen molar-refractivity contribution in [3.8, 4) is 0 Å². The summed E-state index contributed by atoms with van der Waals surface area (Å²) in [6.45, 7) is 4.73. The lowest BCUT2D eigenvalue weighted by molar-refractivity contribution is 0.0964. The van der Waals surface area contributed by atoms with E-state index < -0.39 is 0 Å². The number of hydrogen-bond acceptors (Lipinski definition) is 6. The van der Waals surface area contributed by atoms with Crippen LogP contribution in [-0.2, 0) is 4.74 Å². The fraction of sp³-hybridized carbons (Fsp3) is 0.636. The Hall–Kier alpha value is -1.34. The zero-order chi connectivity index (χ0) is 13.7. The third-order valence-corrected chi connectivity index (χ3v) is 3.43. The molecule has 0 aliphatic carbocycles. The Bertz CT molecular complexity index is 406. The SMILES string of the molecule is CNC(=O)c1c(N)nsc1NC(COC)C(C)C. The largest absolute Gasteiger partial charge is 0.383 e. The maximum atomic E-state index is 11.7. The number of aromatic nitrogens is 1. The molecule has 18 heavy (non-hydrogen) atoms. The molecule has 0 aliphatic rings. The molecule has 0 bridgehead atoms. The van der Waals surface area contributed by atoms with Crippen LogP contribution in [0.4, 0.5) is 10.8 Å². The van der Waals surface area contributed by atoms with Crippen molar-refractivity contribution in [3.63, 3.8) is 0 Å². The molecule has 0 fully saturated rings. The second-order valence-corrected chi connectivity index (χ2v) is 5.07. The first-order chi connectivity index (χ1) is 8.51. The first-order valence-corrected chi connectivity index (χ1v) is 6.51. The molecular formula is C11H20N4O2S. The number of nitrogen functional groups attached to an aromatic ring is 1. The summed E-state index contributed by atoms with van der Waals surface area (Å²) in [6.07, 6.45) is 0. The van der Waals surface area contributed by atoms with Crippen LogP contribution in [0.5, 0.6) is 0 Å². The molecule has 1 heterocycles. The number of nitrogens with one attached hydrogen (secondary N) is 2. The van der Waals surface area contributed by atoms with Gasteiger partial charge in [0.15, 0.2) is 5.82 Å². The summed E-state index contributed by atoms with van der Waals surface area (Å²) < 4.78 is 9.17. The van der Waals surface area contributed by atoms with Gasteiger partial charge in [0.2, 0.25) is 0 Å². The number of methoxy groups -OCH3 is 1. The van der Waals surface area contributed by atoms with Crippen LogP contribution in [0.1, 0.15) is 24.2 Å². The van der Waals surface area contributed by atoms with Gasteiger partial charge in [-0.3, -0.25) is 4.79 Å². The summed E-state index contributed by atoms with van der Waals surface area (Å²) in [5.41, 5.74) is 6.12. The van der Waals surface area contributed by atoms with Crippen LogP contribution in [-0.4, -0.2) is 37.1 Å². The van der Waals surface area contributed by atoms with E-state index in [0.717, 1.165) is 0 Å². The smallest absolute Gasteiger partial charge is 0.257 e. The van der Waals surface area contributed by atoms with Crippen molar-refractivity contribution in [2.45, 2.75) is 19.9 Å². The Kier molecular flexibility index (Phi) is 5.36. The first-order valence-electron chi connectivity index (χ1n) is 5.73. The lowest BCUT2D eigenvalue weighted by Gasteiger charge is -2.22. The minimum absolute atomic E-state index is 0.109. The molecule has 0 saturated heterocycles. The van der Waals surface area contributed by atoms with Gasteiger partial charge in [-0.05, 0) is 17.5 Å². The minimum atomic E-state index is -0.233. The van der Waals surface area contributed by atoms with Crippen molar-refractivity contribution in [1.29, 1.82) is 0 Å². The highest BCUT2D eigenvalue weighted by Gasteiger charge is 2.22. The van der Waals surface area contributed by atoms with Crippen molar-refractivity contribution in [2.75, 3.05) is 31.8 Å². The minimum Gasteiger partial charge on any atom is -0.383 e. The van der Waals surface area contributed by atoms with Gasteiger partial charge < -0.3 is 21.1 Å². The predicted octanol–water partition coefficient (Wildman–Crippen LogP) is 1.17. The highest BCUT2D eigenvalue weighted by molar-refractivity contribution is 7.11. The average Bonchev–Trinajstić information content (AvgIpc) is 2.69. The van der Waals surface area contributed by atoms with Crippen LogP contribution in [0.3, 0.4) is 0 Å². The van der Waals surface area contributed by atoms with Gasteiger partial charge in [0.25, 0.3) is 5.91 Å².